The number of halogens is 1. The Morgan fingerprint density at radius 2 is 1.47 bits per heavy atom. The van der Waals surface area contributed by atoms with Crippen LogP contribution in [0.3, 0.4) is 0 Å². The van der Waals surface area contributed by atoms with E-state index in [1.165, 1.54) is 17.0 Å². The van der Waals surface area contributed by atoms with Gasteiger partial charge in [-0.2, -0.15) is 0 Å². The first kappa shape index (κ1) is 19.6. The lowest BCUT2D eigenvalue weighted by atomic mass is 9.95. The number of aliphatic hydroxyl groups excluding tert-OH is 1. The lowest BCUT2D eigenvalue weighted by molar-refractivity contribution is -0.139. The van der Waals surface area contributed by atoms with Crippen molar-refractivity contribution in [3.63, 3.8) is 0 Å². The predicted octanol–water partition coefficient (Wildman–Crippen LogP) is 4.49. The molecule has 1 N–H and O–H groups in total. The van der Waals surface area contributed by atoms with Crippen LogP contribution in [0.1, 0.15) is 22.7 Å². The van der Waals surface area contributed by atoms with Gasteiger partial charge >= 0.3 is 0 Å². The van der Waals surface area contributed by atoms with E-state index in [4.69, 9.17) is 0 Å². The molecule has 4 nitrogen and oxygen atoms in total. The third kappa shape index (κ3) is 3.74. The maximum absolute atomic E-state index is 13.5. The van der Waals surface area contributed by atoms with E-state index in [1.54, 1.807) is 42.5 Å². The summed E-state index contributed by atoms with van der Waals surface area (Å²) in [5.74, 6) is -2.05. The highest BCUT2D eigenvalue weighted by Crippen LogP contribution is 2.39. The second-order valence-corrected chi connectivity index (χ2v) is 7.15. The average molecular weight is 401 g/mol. The lowest BCUT2D eigenvalue weighted by Gasteiger charge is -2.25. The fourth-order valence-electron chi connectivity index (χ4n) is 3.75. The van der Waals surface area contributed by atoms with Crippen LogP contribution in [-0.2, 0) is 16.0 Å². The number of likely N-dealkylation sites (tertiary alicyclic amines) is 1. The summed E-state index contributed by atoms with van der Waals surface area (Å²) < 4.78 is 13.5. The van der Waals surface area contributed by atoms with Gasteiger partial charge in [0.15, 0.2) is 0 Å². The molecule has 1 unspecified atom stereocenters. The van der Waals surface area contributed by atoms with Crippen molar-refractivity contribution >= 4 is 17.4 Å². The van der Waals surface area contributed by atoms with E-state index < -0.39 is 23.5 Å². The first-order valence-electron chi connectivity index (χ1n) is 9.69. The second-order valence-electron chi connectivity index (χ2n) is 7.15. The van der Waals surface area contributed by atoms with Crippen molar-refractivity contribution in [1.29, 1.82) is 0 Å². The fourth-order valence-corrected chi connectivity index (χ4v) is 3.75. The minimum Gasteiger partial charge on any atom is -0.507 e. The van der Waals surface area contributed by atoms with Crippen LogP contribution in [0, 0.1) is 5.82 Å². The van der Waals surface area contributed by atoms with Crippen LogP contribution in [-0.4, -0.2) is 28.2 Å². The summed E-state index contributed by atoms with van der Waals surface area (Å²) in [6.07, 6.45) is 0.553. The molecule has 30 heavy (non-hydrogen) atoms. The number of hydrogen-bond acceptors (Lipinski definition) is 3. The van der Waals surface area contributed by atoms with Gasteiger partial charge in [-0.3, -0.25) is 9.59 Å². The molecule has 0 saturated carbocycles. The number of hydrogen-bond donors (Lipinski definition) is 1. The third-order valence-corrected chi connectivity index (χ3v) is 5.26. The summed E-state index contributed by atoms with van der Waals surface area (Å²) in [5, 5.41) is 10.9. The molecule has 3 aromatic rings. The Labute approximate surface area is 173 Å². The Morgan fingerprint density at radius 1 is 0.867 bits per heavy atom. The number of amides is 1. The molecule has 0 spiro atoms. The summed E-state index contributed by atoms with van der Waals surface area (Å²) in [4.78, 5) is 27.2. The predicted molar refractivity (Wildman–Crippen MR) is 112 cm³/mol. The van der Waals surface area contributed by atoms with Crippen molar-refractivity contribution in [2.24, 2.45) is 0 Å². The largest absolute Gasteiger partial charge is 0.507 e. The zero-order valence-electron chi connectivity index (χ0n) is 16.2. The van der Waals surface area contributed by atoms with Crippen molar-refractivity contribution in [3.05, 3.63) is 113 Å². The fraction of sp³-hybridized carbons (Fsp3) is 0.120. The highest BCUT2D eigenvalue weighted by Gasteiger charge is 2.45. The molecule has 150 valence electrons. The molecule has 1 fully saturated rings. The van der Waals surface area contributed by atoms with Crippen molar-refractivity contribution in [2.45, 2.75) is 12.5 Å². The van der Waals surface area contributed by atoms with Crippen LogP contribution in [0.5, 0.6) is 0 Å². The van der Waals surface area contributed by atoms with Gasteiger partial charge < -0.3 is 10.0 Å². The van der Waals surface area contributed by atoms with E-state index in [1.807, 2.05) is 30.3 Å². The quantitative estimate of drug-likeness (QED) is 0.389. The number of rotatable bonds is 5. The SMILES string of the molecule is O=C1C(=O)N(CCc2ccccc2)C(c2ccc(F)cc2)/C1=C(/O)c1ccccc1. The molecular formula is C25H20FNO3. The molecule has 1 amide bonds. The van der Waals surface area contributed by atoms with Crippen LogP contribution in [0.4, 0.5) is 4.39 Å². The number of nitrogens with zero attached hydrogens (tertiary/aromatic N) is 1. The van der Waals surface area contributed by atoms with Crippen molar-refractivity contribution < 1.29 is 19.1 Å². The maximum atomic E-state index is 13.5. The number of carbonyl (C=O) groups excluding carboxylic acids is 2. The van der Waals surface area contributed by atoms with Crippen LogP contribution >= 0.6 is 0 Å². The molecule has 0 aliphatic carbocycles. The zero-order valence-corrected chi connectivity index (χ0v) is 16.2. The van der Waals surface area contributed by atoms with E-state index in [9.17, 15) is 19.1 Å². The van der Waals surface area contributed by atoms with E-state index in [0.717, 1.165) is 5.56 Å². The molecule has 4 rings (SSSR count). The Morgan fingerprint density at radius 3 is 2.10 bits per heavy atom. The molecule has 1 atom stereocenters. The topological polar surface area (TPSA) is 57.6 Å². The molecular weight excluding hydrogens is 381 g/mol. The minimum absolute atomic E-state index is 0.0193. The van der Waals surface area contributed by atoms with E-state index in [-0.39, 0.29) is 11.3 Å². The smallest absolute Gasteiger partial charge is 0.295 e. The summed E-state index contributed by atoms with van der Waals surface area (Å²) in [6.45, 7) is 0.294. The summed E-state index contributed by atoms with van der Waals surface area (Å²) in [7, 11) is 0. The summed E-state index contributed by atoms with van der Waals surface area (Å²) in [6, 6.07) is 23.1. The second kappa shape index (κ2) is 8.33. The Bertz CT molecular complexity index is 1090. The molecule has 0 radical (unpaired) electrons. The number of ketones is 1. The van der Waals surface area contributed by atoms with Crippen LogP contribution in [0.15, 0.2) is 90.5 Å². The van der Waals surface area contributed by atoms with Gasteiger partial charge in [0.25, 0.3) is 11.7 Å². The molecule has 1 heterocycles. The first-order chi connectivity index (χ1) is 14.6. The molecule has 5 heteroatoms. The Balaban J connectivity index is 1.78. The van der Waals surface area contributed by atoms with E-state index >= 15 is 0 Å². The normalized spacial score (nSPS) is 18.0. The third-order valence-electron chi connectivity index (χ3n) is 5.26. The number of Topliss-reactive ketones (excluding diaryl/α,β-unsaturated/α-hetero) is 1. The lowest BCUT2D eigenvalue weighted by Crippen LogP contribution is -2.31. The summed E-state index contributed by atoms with van der Waals surface area (Å²) >= 11 is 0. The Kier molecular flexibility index (Phi) is 5.44. The van der Waals surface area contributed by atoms with Crippen LogP contribution < -0.4 is 0 Å². The number of benzene rings is 3. The van der Waals surface area contributed by atoms with Gasteiger partial charge in [-0.25, -0.2) is 4.39 Å². The van der Waals surface area contributed by atoms with E-state index in [2.05, 4.69) is 0 Å². The zero-order chi connectivity index (χ0) is 21.1. The molecule has 1 saturated heterocycles. The monoisotopic (exact) mass is 401 g/mol. The molecule has 1 aliphatic heterocycles. The number of carbonyl (C=O) groups is 2. The first-order valence-corrected chi connectivity index (χ1v) is 9.69. The minimum atomic E-state index is -0.783. The highest BCUT2D eigenvalue weighted by molar-refractivity contribution is 6.46. The Hall–Kier alpha value is -3.73. The molecule has 0 bridgehead atoms. The highest BCUT2D eigenvalue weighted by atomic mass is 19.1. The van der Waals surface area contributed by atoms with Gasteiger partial charge in [0.2, 0.25) is 0 Å². The van der Waals surface area contributed by atoms with Gasteiger partial charge in [-0.05, 0) is 29.7 Å². The molecule has 1 aliphatic rings. The van der Waals surface area contributed by atoms with Gasteiger partial charge in [0.1, 0.15) is 11.6 Å². The van der Waals surface area contributed by atoms with Gasteiger partial charge in [0.05, 0.1) is 11.6 Å². The van der Waals surface area contributed by atoms with Gasteiger partial charge in [-0.15, -0.1) is 0 Å². The van der Waals surface area contributed by atoms with E-state index in [0.29, 0.717) is 24.1 Å². The van der Waals surface area contributed by atoms with Gasteiger partial charge in [0, 0.05) is 12.1 Å². The molecule has 3 aromatic carbocycles. The van der Waals surface area contributed by atoms with Crippen molar-refractivity contribution in [3.8, 4) is 0 Å². The van der Waals surface area contributed by atoms with Gasteiger partial charge in [-0.1, -0.05) is 72.8 Å². The molecule has 0 aromatic heterocycles. The van der Waals surface area contributed by atoms with Crippen molar-refractivity contribution in [1.82, 2.24) is 4.90 Å². The van der Waals surface area contributed by atoms with Crippen LogP contribution in [0.25, 0.3) is 5.76 Å². The van der Waals surface area contributed by atoms with Crippen LogP contribution in [0.2, 0.25) is 0 Å². The van der Waals surface area contributed by atoms with Crippen molar-refractivity contribution in [2.75, 3.05) is 6.54 Å². The standard InChI is InChI=1S/C25H20FNO3/c26-20-13-11-18(12-14-20)22-21(23(28)19-9-5-2-6-10-19)24(29)25(30)27(22)16-15-17-7-3-1-4-8-17/h1-14,22,28H,15-16H2/b23-21-. The average Bonchev–Trinajstić information content (AvgIpc) is 3.04. The summed E-state index contributed by atoms with van der Waals surface area (Å²) in [5.41, 5.74) is 2.07. The number of aliphatic hydroxyl groups is 1. The maximum Gasteiger partial charge on any atom is 0.295 e.